The van der Waals surface area contributed by atoms with Gasteiger partial charge in [-0.15, -0.1) is 0 Å². The van der Waals surface area contributed by atoms with Crippen LogP contribution in [0.2, 0.25) is 0 Å². The molecule has 3 saturated carbocycles. The van der Waals surface area contributed by atoms with E-state index in [9.17, 15) is 14.4 Å². The quantitative estimate of drug-likeness (QED) is 0.379. The molecule has 1 N–H and O–H groups in total. The lowest BCUT2D eigenvalue weighted by molar-refractivity contribution is -0.152. The van der Waals surface area contributed by atoms with E-state index in [1.165, 1.54) is 5.57 Å². The van der Waals surface area contributed by atoms with Crippen LogP contribution in [0.15, 0.2) is 11.6 Å². The van der Waals surface area contributed by atoms with Crippen LogP contribution in [0.4, 0.5) is 0 Å². The summed E-state index contributed by atoms with van der Waals surface area (Å²) in [5.41, 5.74) is 1.54. The summed E-state index contributed by atoms with van der Waals surface area (Å²) in [7, 11) is 0. The summed E-state index contributed by atoms with van der Waals surface area (Å²) >= 11 is 0. The predicted octanol–water partition coefficient (Wildman–Crippen LogP) is 5.49. The van der Waals surface area contributed by atoms with E-state index in [-0.39, 0.29) is 46.9 Å². The van der Waals surface area contributed by atoms with Crippen LogP contribution in [0, 0.1) is 28.6 Å². The minimum Gasteiger partial charge on any atom is -0.462 e. The molecule has 0 saturated heterocycles. The highest BCUT2D eigenvalue weighted by atomic mass is 16.5. The zero-order valence-corrected chi connectivity index (χ0v) is 22.4. The molecule has 0 aromatic rings. The number of amides is 1. The third-order valence-corrected chi connectivity index (χ3v) is 9.91. The number of allylic oxidation sites excluding steroid dienone is 1. The van der Waals surface area contributed by atoms with Gasteiger partial charge in [0.15, 0.2) is 0 Å². The number of hydrogen-bond donors (Lipinski definition) is 1. The Balaban J connectivity index is 1.54. The standard InChI is InChI=1S/C29H45NO5/c1-6-8-25(32)34-20-12-14-28(4)19(16-20)10-11-21-22(28)13-15-29(5)23(21)17-24(27(29)30-18(3)31)35-26(33)9-7-2/h10,20-24,27H,6-9,11-17H2,1-5H3,(H,30,31)/t20-,21+,22-,23-,24+,27-,28-,29-/m0/s1. The van der Waals surface area contributed by atoms with Crippen molar-refractivity contribution < 1.29 is 23.9 Å². The van der Waals surface area contributed by atoms with Gasteiger partial charge in [-0.1, -0.05) is 39.3 Å². The molecule has 0 aromatic heterocycles. The summed E-state index contributed by atoms with van der Waals surface area (Å²) in [6.45, 7) is 10.3. The van der Waals surface area contributed by atoms with Crippen molar-refractivity contribution in [2.45, 2.75) is 123 Å². The van der Waals surface area contributed by atoms with Gasteiger partial charge in [-0.2, -0.15) is 0 Å². The molecule has 0 unspecified atom stereocenters. The second-order valence-electron chi connectivity index (χ2n) is 12.1. The first kappa shape index (κ1) is 26.2. The Labute approximate surface area is 211 Å². The molecule has 35 heavy (non-hydrogen) atoms. The van der Waals surface area contributed by atoms with Gasteiger partial charge in [0.25, 0.3) is 0 Å². The number of carbonyl (C=O) groups excluding carboxylic acids is 3. The smallest absolute Gasteiger partial charge is 0.306 e. The Bertz CT molecular complexity index is 867. The van der Waals surface area contributed by atoms with Gasteiger partial charge in [0.2, 0.25) is 5.91 Å². The van der Waals surface area contributed by atoms with Crippen molar-refractivity contribution in [2.24, 2.45) is 28.6 Å². The van der Waals surface area contributed by atoms with Crippen LogP contribution in [0.3, 0.4) is 0 Å². The van der Waals surface area contributed by atoms with Crippen LogP contribution in [-0.2, 0) is 23.9 Å². The molecule has 4 aliphatic carbocycles. The first-order valence-corrected chi connectivity index (χ1v) is 14.0. The third-order valence-electron chi connectivity index (χ3n) is 9.91. The maximum absolute atomic E-state index is 12.4. The average Bonchev–Trinajstić information content (AvgIpc) is 3.05. The van der Waals surface area contributed by atoms with Gasteiger partial charge in [0.1, 0.15) is 12.2 Å². The minimum absolute atomic E-state index is 0.0109. The largest absolute Gasteiger partial charge is 0.462 e. The fraction of sp³-hybridized carbons (Fsp3) is 0.828. The van der Waals surface area contributed by atoms with Crippen molar-refractivity contribution in [3.63, 3.8) is 0 Å². The minimum atomic E-state index is -0.251. The monoisotopic (exact) mass is 487 g/mol. The Morgan fingerprint density at radius 1 is 1.00 bits per heavy atom. The lowest BCUT2D eigenvalue weighted by Gasteiger charge is -2.57. The topological polar surface area (TPSA) is 81.7 Å². The Kier molecular flexibility index (Phi) is 7.68. The van der Waals surface area contributed by atoms with Crippen LogP contribution in [-0.4, -0.2) is 36.1 Å². The molecule has 1 amide bonds. The molecule has 4 aliphatic rings. The molecule has 8 atom stereocenters. The highest BCUT2D eigenvalue weighted by Crippen LogP contribution is 2.65. The molecule has 6 nitrogen and oxygen atoms in total. The van der Waals surface area contributed by atoms with Crippen LogP contribution < -0.4 is 5.32 Å². The van der Waals surface area contributed by atoms with E-state index in [1.54, 1.807) is 6.92 Å². The molecule has 0 aliphatic heterocycles. The summed E-state index contributed by atoms with van der Waals surface area (Å²) in [5, 5.41) is 3.19. The van der Waals surface area contributed by atoms with Crippen molar-refractivity contribution in [1.29, 1.82) is 0 Å². The first-order chi connectivity index (χ1) is 16.6. The molecular weight excluding hydrogens is 442 g/mol. The summed E-state index contributed by atoms with van der Waals surface area (Å²) in [6.07, 6.45) is 11.6. The zero-order valence-electron chi connectivity index (χ0n) is 22.4. The third kappa shape index (κ3) is 4.91. The fourth-order valence-corrected chi connectivity index (χ4v) is 8.19. The summed E-state index contributed by atoms with van der Waals surface area (Å²) in [5.74, 6) is 1.24. The molecule has 0 bridgehead atoms. The van der Waals surface area contributed by atoms with Crippen molar-refractivity contribution >= 4 is 17.8 Å². The molecule has 196 valence electrons. The van der Waals surface area contributed by atoms with E-state index in [0.29, 0.717) is 30.6 Å². The lowest BCUT2D eigenvalue weighted by atomic mass is 9.48. The molecular formula is C29H45NO5. The van der Waals surface area contributed by atoms with E-state index in [2.05, 4.69) is 25.2 Å². The number of ether oxygens (including phenoxy) is 2. The highest BCUT2D eigenvalue weighted by Gasteiger charge is 2.62. The molecule has 0 spiro atoms. The second-order valence-corrected chi connectivity index (χ2v) is 12.1. The molecule has 6 heteroatoms. The van der Waals surface area contributed by atoms with Crippen LogP contribution in [0.5, 0.6) is 0 Å². The molecule has 3 fully saturated rings. The zero-order chi connectivity index (χ0) is 25.4. The number of nitrogens with one attached hydrogen (secondary N) is 1. The Morgan fingerprint density at radius 3 is 2.34 bits per heavy atom. The van der Waals surface area contributed by atoms with Crippen LogP contribution in [0.1, 0.15) is 105 Å². The maximum atomic E-state index is 12.4. The van der Waals surface area contributed by atoms with E-state index in [0.717, 1.165) is 57.8 Å². The molecule has 4 rings (SSSR count). The Hall–Kier alpha value is -1.85. The second kappa shape index (κ2) is 10.3. The number of carbonyl (C=O) groups is 3. The van der Waals surface area contributed by atoms with Crippen molar-refractivity contribution in [2.75, 3.05) is 0 Å². The summed E-state index contributed by atoms with van der Waals surface area (Å²) < 4.78 is 11.8. The lowest BCUT2D eigenvalue weighted by Crippen LogP contribution is -2.55. The van der Waals surface area contributed by atoms with Crippen LogP contribution >= 0.6 is 0 Å². The summed E-state index contributed by atoms with van der Waals surface area (Å²) in [4.78, 5) is 36.7. The SMILES string of the molecule is CCCC(=O)O[C@H]1CC[C@@]2(C)C(=CC[C@H]3[C@@H]4C[C@@H](OC(=O)CCC)[C@H](NC(C)=O)[C@@]4(C)CC[C@@H]32)C1. The van der Waals surface area contributed by atoms with Crippen LogP contribution in [0.25, 0.3) is 0 Å². The van der Waals surface area contributed by atoms with E-state index in [1.807, 2.05) is 13.8 Å². The van der Waals surface area contributed by atoms with E-state index >= 15 is 0 Å². The van der Waals surface area contributed by atoms with Gasteiger partial charge in [-0.25, -0.2) is 0 Å². The first-order valence-electron chi connectivity index (χ1n) is 14.0. The maximum Gasteiger partial charge on any atom is 0.306 e. The highest BCUT2D eigenvalue weighted by molar-refractivity contribution is 5.74. The van der Waals surface area contributed by atoms with Crippen molar-refractivity contribution in [3.05, 3.63) is 11.6 Å². The number of rotatable bonds is 7. The van der Waals surface area contributed by atoms with Gasteiger partial charge in [0.05, 0.1) is 6.04 Å². The van der Waals surface area contributed by atoms with Gasteiger partial charge in [0, 0.05) is 26.2 Å². The van der Waals surface area contributed by atoms with Gasteiger partial charge >= 0.3 is 11.9 Å². The predicted molar refractivity (Wildman–Crippen MR) is 134 cm³/mol. The van der Waals surface area contributed by atoms with Gasteiger partial charge in [-0.3, -0.25) is 14.4 Å². The van der Waals surface area contributed by atoms with Gasteiger partial charge < -0.3 is 14.8 Å². The summed E-state index contributed by atoms with van der Waals surface area (Å²) in [6, 6.07) is -0.126. The fourth-order valence-electron chi connectivity index (χ4n) is 8.19. The Morgan fingerprint density at radius 2 is 1.69 bits per heavy atom. The number of fused-ring (bicyclic) bond motifs is 5. The average molecular weight is 488 g/mol. The number of esters is 2. The normalized spacial score (nSPS) is 40.0. The van der Waals surface area contributed by atoms with Crippen molar-refractivity contribution in [3.8, 4) is 0 Å². The van der Waals surface area contributed by atoms with E-state index < -0.39 is 0 Å². The molecule has 0 radical (unpaired) electrons. The molecule has 0 heterocycles. The van der Waals surface area contributed by atoms with E-state index in [4.69, 9.17) is 9.47 Å². The van der Waals surface area contributed by atoms with Crippen molar-refractivity contribution in [1.82, 2.24) is 5.32 Å². The number of hydrogen-bond acceptors (Lipinski definition) is 5. The molecule has 0 aromatic carbocycles. The van der Waals surface area contributed by atoms with Gasteiger partial charge in [-0.05, 0) is 80.0 Å².